The van der Waals surface area contributed by atoms with Crippen LogP contribution in [0.3, 0.4) is 0 Å². The second-order valence-electron chi connectivity index (χ2n) is 6.07. The van der Waals surface area contributed by atoms with E-state index in [1.165, 1.54) is 25.7 Å². The lowest BCUT2D eigenvalue weighted by atomic mass is 9.83. The molecular weight excluding hydrogens is 264 g/mol. The van der Waals surface area contributed by atoms with E-state index in [1.807, 2.05) is 24.3 Å². The Hall–Kier alpha value is -1.71. The summed E-state index contributed by atoms with van der Waals surface area (Å²) in [7, 11) is 0. The molecule has 0 heterocycles. The zero-order chi connectivity index (χ0) is 15.1. The molecule has 3 N–H and O–H groups in total. The molecule has 0 spiro atoms. The minimum absolute atomic E-state index is 0.245. The highest BCUT2D eigenvalue weighted by atomic mass is 16.5. The van der Waals surface area contributed by atoms with Gasteiger partial charge in [-0.25, -0.2) is 0 Å². The molecule has 1 saturated carbocycles. The molecule has 1 aliphatic rings. The fourth-order valence-corrected chi connectivity index (χ4v) is 2.79. The molecule has 0 unspecified atom stereocenters. The highest BCUT2D eigenvalue weighted by Gasteiger charge is 2.18. The van der Waals surface area contributed by atoms with Crippen LogP contribution in [0.5, 0.6) is 5.75 Å². The maximum Gasteiger partial charge on any atom is 0.220 e. The summed E-state index contributed by atoms with van der Waals surface area (Å²) in [4.78, 5) is 10.8. The first kappa shape index (κ1) is 15.7. The van der Waals surface area contributed by atoms with E-state index in [4.69, 9.17) is 10.5 Å². The topological polar surface area (TPSA) is 64.3 Å². The normalized spacial score (nSPS) is 21.8. The zero-order valence-electron chi connectivity index (χ0n) is 12.8. The van der Waals surface area contributed by atoms with Crippen LogP contribution in [0.2, 0.25) is 0 Å². The van der Waals surface area contributed by atoms with Gasteiger partial charge in [0.05, 0.1) is 18.7 Å². The van der Waals surface area contributed by atoms with Crippen LogP contribution in [0.15, 0.2) is 24.3 Å². The number of nitrogens with two attached hydrogens (primary N) is 1. The summed E-state index contributed by atoms with van der Waals surface area (Å²) in [6.07, 6.45) is 5.53. The van der Waals surface area contributed by atoms with Crippen molar-refractivity contribution in [1.29, 1.82) is 0 Å². The number of nitrogens with one attached hydrogen (secondary N) is 1. The van der Waals surface area contributed by atoms with Crippen molar-refractivity contribution < 1.29 is 9.53 Å². The predicted octanol–water partition coefficient (Wildman–Crippen LogP) is 3.18. The maximum absolute atomic E-state index is 10.8. The van der Waals surface area contributed by atoms with E-state index in [0.717, 1.165) is 29.8 Å². The van der Waals surface area contributed by atoms with E-state index in [2.05, 4.69) is 12.2 Å². The third kappa shape index (κ3) is 5.29. The Morgan fingerprint density at radius 3 is 2.71 bits per heavy atom. The Morgan fingerprint density at radius 1 is 1.29 bits per heavy atom. The molecule has 116 valence electrons. The molecule has 0 aliphatic heterocycles. The fraction of sp³-hybridized carbons (Fsp3) is 0.588. The van der Waals surface area contributed by atoms with Crippen LogP contribution in [0.4, 0.5) is 5.69 Å². The van der Waals surface area contributed by atoms with Gasteiger partial charge in [0, 0.05) is 6.54 Å². The average molecular weight is 290 g/mol. The van der Waals surface area contributed by atoms with Crippen LogP contribution in [0, 0.1) is 11.8 Å². The third-order valence-corrected chi connectivity index (χ3v) is 4.21. The Kier molecular flexibility index (Phi) is 5.90. The molecule has 2 rings (SSSR count). The van der Waals surface area contributed by atoms with E-state index in [0.29, 0.717) is 6.61 Å². The lowest BCUT2D eigenvalue weighted by Gasteiger charge is -2.26. The lowest BCUT2D eigenvalue weighted by molar-refractivity contribution is -0.118. The average Bonchev–Trinajstić information content (AvgIpc) is 2.47. The quantitative estimate of drug-likeness (QED) is 0.810. The summed E-state index contributed by atoms with van der Waals surface area (Å²) >= 11 is 0. The van der Waals surface area contributed by atoms with Crippen LogP contribution >= 0.6 is 0 Å². The summed E-state index contributed by atoms with van der Waals surface area (Å²) in [6.45, 7) is 3.66. The SMILES string of the molecule is CC1CCC(CNc2ccccc2OCCC(N)=O)CC1. The molecule has 0 bridgehead atoms. The van der Waals surface area contributed by atoms with E-state index < -0.39 is 0 Å². The van der Waals surface area contributed by atoms with Crippen molar-refractivity contribution in [3.63, 3.8) is 0 Å². The van der Waals surface area contributed by atoms with Crippen LogP contribution in [0.25, 0.3) is 0 Å². The Balaban J connectivity index is 1.83. The molecular formula is C17H26N2O2. The highest BCUT2D eigenvalue weighted by Crippen LogP contribution is 2.30. The van der Waals surface area contributed by atoms with Crippen molar-refractivity contribution in [3.8, 4) is 5.75 Å². The molecule has 4 nitrogen and oxygen atoms in total. The van der Waals surface area contributed by atoms with Crippen molar-refractivity contribution in [2.75, 3.05) is 18.5 Å². The van der Waals surface area contributed by atoms with Gasteiger partial charge in [-0.3, -0.25) is 4.79 Å². The zero-order valence-corrected chi connectivity index (χ0v) is 12.8. The number of carbonyl (C=O) groups excluding carboxylic acids is 1. The Labute approximate surface area is 127 Å². The molecule has 4 heteroatoms. The third-order valence-electron chi connectivity index (χ3n) is 4.21. The van der Waals surface area contributed by atoms with Crippen LogP contribution in [0.1, 0.15) is 39.0 Å². The number of amides is 1. The van der Waals surface area contributed by atoms with E-state index in [1.54, 1.807) is 0 Å². The molecule has 21 heavy (non-hydrogen) atoms. The summed E-state index contributed by atoms with van der Waals surface area (Å²) in [5, 5.41) is 3.49. The first-order chi connectivity index (χ1) is 10.1. The van der Waals surface area contributed by atoms with Crippen LogP contribution < -0.4 is 15.8 Å². The molecule has 1 aromatic carbocycles. The van der Waals surface area contributed by atoms with E-state index >= 15 is 0 Å². The highest BCUT2D eigenvalue weighted by molar-refractivity contribution is 5.73. The van der Waals surface area contributed by atoms with Crippen molar-refractivity contribution in [2.45, 2.75) is 39.0 Å². The molecule has 1 amide bonds. The summed E-state index contributed by atoms with van der Waals surface area (Å²) in [5.41, 5.74) is 6.13. The van der Waals surface area contributed by atoms with Gasteiger partial charge in [-0.1, -0.05) is 31.9 Å². The van der Waals surface area contributed by atoms with Gasteiger partial charge in [0.1, 0.15) is 5.75 Å². The molecule has 1 aliphatic carbocycles. The number of carbonyl (C=O) groups is 1. The number of para-hydroxylation sites is 2. The minimum Gasteiger partial charge on any atom is -0.491 e. The van der Waals surface area contributed by atoms with Gasteiger partial charge >= 0.3 is 0 Å². The molecule has 0 aromatic heterocycles. The Bertz CT molecular complexity index is 454. The van der Waals surface area contributed by atoms with Gasteiger partial charge in [-0.2, -0.15) is 0 Å². The number of hydrogen-bond donors (Lipinski definition) is 2. The second-order valence-corrected chi connectivity index (χ2v) is 6.07. The lowest BCUT2D eigenvalue weighted by Crippen LogP contribution is -2.20. The van der Waals surface area contributed by atoms with E-state index in [-0.39, 0.29) is 12.3 Å². The van der Waals surface area contributed by atoms with Crippen molar-refractivity contribution in [3.05, 3.63) is 24.3 Å². The fourth-order valence-electron chi connectivity index (χ4n) is 2.79. The molecule has 1 fully saturated rings. The summed E-state index contributed by atoms with van der Waals surface area (Å²) in [5.74, 6) is 2.09. The smallest absolute Gasteiger partial charge is 0.220 e. The molecule has 0 atom stereocenters. The first-order valence-corrected chi connectivity index (χ1v) is 7.89. The van der Waals surface area contributed by atoms with Gasteiger partial charge in [0.2, 0.25) is 5.91 Å². The van der Waals surface area contributed by atoms with Crippen molar-refractivity contribution >= 4 is 11.6 Å². The Morgan fingerprint density at radius 2 is 2.00 bits per heavy atom. The minimum atomic E-state index is -0.336. The van der Waals surface area contributed by atoms with Gasteiger partial charge in [-0.05, 0) is 36.8 Å². The number of hydrogen-bond acceptors (Lipinski definition) is 3. The number of anilines is 1. The monoisotopic (exact) mass is 290 g/mol. The number of rotatable bonds is 7. The maximum atomic E-state index is 10.8. The van der Waals surface area contributed by atoms with Crippen molar-refractivity contribution in [2.24, 2.45) is 17.6 Å². The van der Waals surface area contributed by atoms with Gasteiger partial charge in [0.25, 0.3) is 0 Å². The number of benzene rings is 1. The van der Waals surface area contributed by atoms with Gasteiger partial charge in [-0.15, -0.1) is 0 Å². The largest absolute Gasteiger partial charge is 0.491 e. The molecule has 1 aromatic rings. The molecule has 0 saturated heterocycles. The van der Waals surface area contributed by atoms with Crippen LogP contribution in [-0.2, 0) is 4.79 Å². The first-order valence-electron chi connectivity index (χ1n) is 7.89. The van der Waals surface area contributed by atoms with Crippen LogP contribution in [-0.4, -0.2) is 19.1 Å². The standard InChI is InChI=1S/C17H26N2O2/c1-13-6-8-14(9-7-13)12-19-15-4-2-3-5-16(15)21-11-10-17(18)20/h2-5,13-14,19H,6-12H2,1H3,(H2,18,20). The number of ether oxygens (including phenoxy) is 1. The summed E-state index contributed by atoms with van der Waals surface area (Å²) < 4.78 is 5.64. The van der Waals surface area contributed by atoms with Crippen molar-refractivity contribution in [1.82, 2.24) is 0 Å². The summed E-state index contributed by atoms with van der Waals surface area (Å²) in [6, 6.07) is 7.87. The van der Waals surface area contributed by atoms with Gasteiger partial charge in [0.15, 0.2) is 0 Å². The molecule has 0 radical (unpaired) electrons. The van der Waals surface area contributed by atoms with E-state index in [9.17, 15) is 4.79 Å². The van der Waals surface area contributed by atoms with Gasteiger partial charge < -0.3 is 15.8 Å². The number of primary amides is 1. The predicted molar refractivity (Wildman–Crippen MR) is 85.4 cm³/mol. The second kappa shape index (κ2) is 7.91.